The number of aromatic amines is 1. The summed E-state index contributed by atoms with van der Waals surface area (Å²) in [5.74, 6) is -3.05. The molecule has 1 atom stereocenters. The van der Waals surface area contributed by atoms with Gasteiger partial charge in [0.2, 0.25) is 0 Å². The fraction of sp³-hybridized carbons (Fsp3) is 0.167. The summed E-state index contributed by atoms with van der Waals surface area (Å²) in [5, 5.41) is 18.9. The summed E-state index contributed by atoms with van der Waals surface area (Å²) in [6.07, 6.45) is -0.482. The van der Waals surface area contributed by atoms with E-state index in [2.05, 4.69) is 9.97 Å². The van der Waals surface area contributed by atoms with Crippen molar-refractivity contribution in [3.05, 3.63) is 52.6 Å². The van der Waals surface area contributed by atoms with E-state index in [0.717, 1.165) is 12.4 Å². The molecule has 0 fully saturated rings. The highest BCUT2D eigenvalue weighted by molar-refractivity contribution is 5.86. The van der Waals surface area contributed by atoms with Gasteiger partial charge in [0.15, 0.2) is 5.69 Å². The van der Waals surface area contributed by atoms with Crippen LogP contribution in [0.5, 0.6) is 0 Å². The van der Waals surface area contributed by atoms with Gasteiger partial charge in [0, 0.05) is 11.6 Å². The van der Waals surface area contributed by atoms with E-state index in [1.54, 1.807) is 0 Å². The van der Waals surface area contributed by atoms with Crippen molar-refractivity contribution in [1.29, 1.82) is 0 Å². The van der Waals surface area contributed by atoms with Gasteiger partial charge < -0.3 is 15.2 Å². The van der Waals surface area contributed by atoms with Crippen LogP contribution in [0, 0.1) is 18.6 Å². The normalized spacial score (nSPS) is 12.4. The largest absolute Gasteiger partial charge is 0.476 e. The maximum Gasteiger partial charge on any atom is 0.356 e. The molecule has 1 aromatic heterocycles. The molecule has 0 radical (unpaired) electrons. The number of imidazole rings is 1. The second-order valence-electron chi connectivity index (χ2n) is 4.00. The molecule has 0 aliphatic carbocycles. The van der Waals surface area contributed by atoms with Crippen molar-refractivity contribution >= 4 is 5.97 Å². The van der Waals surface area contributed by atoms with E-state index in [1.165, 1.54) is 6.92 Å². The van der Waals surface area contributed by atoms with Crippen molar-refractivity contribution < 1.29 is 23.8 Å². The van der Waals surface area contributed by atoms with Gasteiger partial charge in [-0.05, 0) is 18.6 Å². The number of hydrogen-bond acceptors (Lipinski definition) is 3. The van der Waals surface area contributed by atoms with Crippen molar-refractivity contribution in [2.24, 2.45) is 0 Å². The first-order valence-electron chi connectivity index (χ1n) is 5.32. The summed E-state index contributed by atoms with van der Waals surface area (Å²) in [5.41, 5.74) is -0.635. The number of carboxylic acid groups (broad SMARTS) is 1. The molecule has 3 N–H and O–H groups in total. The second kappa shape index (κ2) is 4.77. The Bertz CT molecular complexity index is 640. The summed E-state index contributed by atoms with van der Waals surface area (Å²) in [7, 11) is 0. The lowest BCUT2D eigenvalue weighted by Gasteiger charge is -2.12. The minimum Gasteiger partial charge on any atom is -0.476 e. The topological polar surface area (TPSA) is 86.2 Å². The molecular weight excluding hydrogens is 258 g/mol. The highest BCUT2D eigenvalue weighted by Gasteiger charge is 2.24. The van der Waals surface area contributed by atoms with E-state index in [0.29, 0.717) is 6.07 Å². The molecule has 19 heavy (non-hydrogen) atoms. The quantitative estimate of drug-likeness (QED) is 0.792. The molecular formula is C12H10F2N2O3. The SMILES string of the molecule is Cc1cc(C(O)c2[nH]cnc2C(=O)O)c(F)cc1F. The minimum absolute atomic E-state index is 0.145. The van der Waals surface area contributed by atoms with Gasteiger partial charge >= 0.3 is 5.97 Å². The smallest absolute Gasteiger partial charge is 0.356 e. The summed E-state index contributed by atoms with van der Waals surface area (Å²) in [4.78, 5) is 16.8. The monoisotopic (exact) mass is 268 g/mol. The Morgan fingerprint density at radius 1 is 1.37 bits per heavy atom. The van der Waals surface area contributed by atoms with Crippen LogP contribution in [0.2, 0.25) is 0 Å². The molecule has 1 aromatic carbocycles. The number of H-pyrrole nitrogens is 1. The predicted octanol–water partition coefficient (Wildman–Crippen LogP) is 1.78. The molecule has 0 aliphatic rings. The zero-order valence-corrected chi connectivity index (χ0v) is 9.82. The third-order valence-electron chi connectivity index (χ3n) is 2.72. The molecule has 0 amide bonds. The van der Waals surface area contributed by atoms with Gasteiger partial charge in [-0.25, -0.2) is 18.6 Å². The molecule has 0 bridgehead atoms. The van der Waals surface area contributed by atoms with Crippen LogP contribution < -0.4 is 0 Å². The number of rotatable bonds is 3. The maximum atomic E-state index is 13.6. The van der Waals surface area contributed by atoms with E-state index in [9.17, 15) is 18.7 Å². The van der Waals surface area contributed by atoms with Crippen molar-refractivity contribution in [2.45, 2.75) is 13.0 Å². The molecule has 0 saturated heterocycles. The van der Waals surface area contributed by atoms with Gasteiger partial charge in [-0.3, -0.25) is 0 Å². The van der Waals surface area contributed by atoms with Gasteiger partial charge in [-0.2, -0.15) is 0 Å². The Kier molecular flexibility index (Phi) is 3.30. The standard InChI is InChI=1S/C12H10F2N2O3/c1-5-2-6(8(14)3-7(5)13)11(17)9-10(12(18)19)16-4-15-9/h2-4,11,17H,1H3,(H,15,16)(H,18,19). The highest BCUT2D eigenvalue weighted by Crippen LogP contribution is 2.26. The van der Waals surface area contributed by atoms with Gasteiger partial charge in [-0.1, -0.05) is 0 Å². The summed E-state index contributed by atoms with van der Waals surface area (Å²) in [6, 6.07) is 1.77. The van der Waals surface area contributed by atoms with Crippen LogP contribution >= 0.6 is 0 Å². The number of carbonyl (C=O) groups is 1. The van der Waals surface area contributed by atoms with Crippen molar-refractivity contribution in [3.8, 4) is 0 Å². The number of nitrogens with one attached hydrogen (secondary N) is 1. The summed E-state index contributed by atoms with van der Waals surface area (Å²) in [6.45, 7) is 1.41. The number of hydrogen-bond donors (Lipinski definition) is 3. The molecule has 1 unspecified atom stereocenters. The number of aryl methyl sites for hydroxylation is 1. The number of halogens is 2. The van der Waals surface area contributed by atoms with Crippen LogP contribution in [0.4, 0.5) is 8.78 Å². The molecule has 5 nitrogen and oxygen atoms in total. The predicted molar refractivity (Wildman–Crippen MR) is 60.7 cm³/mol. The fourth-order valence-electron chi connectivity index (χ4n) is 1.73. The van der Waals surface area contributed by atoms with Crippen LogP contribution in [0.1, 0.15) is 33.4 Å². The first-order chi connectivity index (χ1) is 8.91. The van der Waals surface area contributed by atoms with Crippen molar-refractivity contribution in [2.75, 3.05) is 0 Å². The average molecular weight is 268 g/mol. The van der Waals surface area contributed by atoms with Crippen LogP contribution in [0.25, 0.3) is 0 Å². The average Bonchev–Trinajstić information content (AvgIpc) is 2.82. The molecule has 0 aliphatic heterocycles. The Balaban J connectivity index is 2.50. The number of aromatic nitrogens is 2. The van der Waals surface area contributed by atoms with Gasteiger partial charge in [0.25, 0.3) is 0 Å². The zero-order chi connectivity index (χ0) is 14.2. The number of benzene rings is 1. The zero-order valence-electron chi connectivity index (χ0n) is 9.82. The number of aromatic carboxylic acids is 1. The molecule has 1 heterocycles. The van der Waals surface area contributed by atoms with Gasteiger partial charge in [-0.15, -0.1) is 0 Å². The maximum absolute atomic E-state index is 13.6. The minimum atomic E-state index is -1.56. The lowest BCUT2D eigenvalue weighted by molar-refractivity contribution is 0.0685. The number of nitrogens with zero attached hydrogens (tertiary/aromatic N) is 1. The Hall–Kier alpha value is -2.28. The highest BCUT2D eigenvalue weighted by atomic mass is 19.1. The number of aliphatic hydroxyl groups excluding tert-OH is 1. The van der Waals surface area contributed by atoms with Crippen LogP contribution in [-0.4, -0.2) is 26.2 Å². The van der Waals surface area contributed by atoms with E-state index >= 15 is 0 Å². The Labute approximate surface area is 106 Å². The summed E-state index contributed by atoms with van der Waals surface area (Å²) < 4.78 is 26.8. The lowest BCUT2D eigenvalue weighted by Crippen LogP contribution is -2.10. The number of carboxylic acids is 1. The first-order valence-corrected chi connectivity index (χ1v) is 5.32. The third kappa shape index (κ3) is 2.32. The van der Waals surface area contributed by atoms with Gasteiger partial charge in [0.05, 0.1) is 12.0 Å². The molecule has 7 heteroatoms. The molecule has 0 spiro atoms. The molecule has 2 rings (SSSR count). The van der Waals surface area contributed by atoms with E-state index in [-0.39, 0.29) is 16.8 Å². The first kappa shape index (κ1) is 13.2. The second-order valence-corrected chi connectivity index (χ2v) is 4.00. The van der Waals surface area contributed by atoms with Crippen molar-refractivity contribution in [3.63, 3.8) is 0 Å². The molecule has 0 saturated carbocycles. The van der Waals surface area contributed by atoms with Crippen LogP contribution in [0.15, 0.2) is 18.5 Å². The van der Waals surface area contributed by atoms with Crippen LogP contribution in [-0.2, 0) is 0 Å². The number of aliphatic hydroxyl groups is 1. The fourth-order valence-corrected chi connectivity index (χ4v) is 1.73. The Morgan fingerprint density at radius 2 is 2.05 bits per heavy atom. The Morgan fingerprint density at radius 3 is 2.68 bits per heavy atom. The lowest BCUT2D eigenvalue weighted by atomic mass is 10.0. The van der Waals surface area contributed by atoms with E-state index in [1.807, 2.05) is 0 Å². The van der Waals surface area contributed by atoms with Crippen LogP contribution in [0.3, 0.4) is 0 Å². The van der Waals surface area contributed by atoms with E-state index < -0.39 is 29.4 Å². The van der Waals surface area contributed by atoms with E-state index in [4.69, 9.17) is 5.11 Å². The van der Waals surface area contributed by atoms with Gasteiger partial charge in [0.1, 0.15) is 17.7 Å². The van der Waals surface area contributed by atoms with Crippen molar-refractivity contribution in [1.82, 2.24) is 9.97 Å². The summed E-state index contributed by atoms with van der Waals surface area (Å²) >= 11 is 0. The molecule has 2 aromatic rings. The molecule has 100 valence electrons. The third-order valence-corrected chi connectivity index (χ3v) is 2.72.